The zero-order valence-corrected chi connectivity index (χ0v) is 18.6. The summed E-state index contributed by atoms with van der Waals surface area (Å²) in [5.74, 6) is 0.0471. The average Bonchev–Trinajstić information content (AvgIpc) is 2.89. The smallest absolute Gasteiger partial charge is 0.254 e. The quantitative estimate of drug-likeness (QED) is 0.647. The number of carbonyl (C=O) groups is 2. The maximum Gasteiger partial charge on any atom is 0.254 e. The van der Waals surface area contributed by atoms with Gasteiger partial charge in [0.1, 0.15) is 0 Å². The molecule has 1 N–H and O–H groups in total. The molecule has 0 bridgehead atoms. The fourth-order valence-corrected chi connectivity index (χ4v) is 4.95. The van der Waals surface area contributed by atoms with Crippen LogP contribution >= 0.6 is 0 Å². The van der Waals surface area contributed by atoms with Gasteiger partial charge < -0.3 is 15.0 Å². The molecule has 5 rings (SSSR count). The topological polar surface area (TPSA) is 58.6 Å². The monoisotopic (exact) mass is 440 g/mol. The second-order valence-electron chi connectivity index (χ2n) is 8.84. The molecule has 2 heterocycles. The summed E-state index contributed by atoms with van der Waals surface area (Å²) in [6.45, 7) is 2.39. The Kier molecular flexibility index (Phi) is 5.97. The summed E-state index contributed by atoms with van der Waals surface area (Å²) in [5.41, 5.74) is 4.23. The number of amides is 2. The maximum atomic E-state index is 13.6. The molecule has 5 nitrogen and oxygen atoms in total. The molecule has 1 saturated heterocycles. The zero-order chi connectivity index (χ0) is 22.7. The predicted molar refractivity (Wildman–Crippen MR) is 128 cm³/mol. The van der Waals surface area contributed by atoms with Crippen LogP contribution < -0.4 is 5.32 Å². The zero-order valence-electron chi connectivity index (χ0n) is 18.6. The third-order valence-electron chi connectivity index (χ3n) is 6.89. The third-order valence-corrected chi connectivity index (χ3v) is 6.89. The van der Waals surface area contributed by atoms with Gasteiger partial charge >= 0.3 is 0 Å². The molecule has 0 radical (unpaired) electrons. The van der Waals surface area contributed by atoms with E-state index in [1.54, 1.807) is 0 Å². The van der Waals surface area contributed by atoms with Gasteiger partial charge in [0.25, 0.3) is 5.91 Å². The van der Waals surface area contributed by atoms with Gasteiger partial charge in [-0.3, -0.25) is 9.59 Å². The Morgan fingerprint density at radius 2 is 1.55 bits per heavy atom. The fraction of sp³-hybridized carbons (Fsp3) is 0.286. The molecule has 0 aromatic heterocycles. The number of carbonyl (C=O) groups excluding carboxylic acids is 2. The lowest BCUT2D eigenvalue weighted by molar-refractivity contribution is -0.125. The lowest BCUT2D eigenvalue weighted by atomic mass is 9.73. The van der Waals surface area contributed by atoms with E-state index in [0.717, 1.165) is 23.2 Å². The van der Waals surface area contributed by atoms with Gasteiger partial charge in [0.2, 0.25) is 5.91 Å². The van der Waals surface area contributed by atoms with Gasteiger partial charge in [-0.1, -0.05) is 54.6 Å². The molecule has 5 heteroatoms. The second kappa shape index (κ2) is 9.20. The van der Waals surface area contributed by atoms with Crippen molar-refractivity contribution in [1.82, 2.24) is 4.90 Å². The molecule has 33 heavy (non-hydrogen) atoms. The number of fused-ring (bicyclic) bond motifs is 1. The molecule has 168 valence electrons. The summed E-state index contributed by atoms with van der Waals surface area (Å²) in [6.07, 6.45) is 2.13. The van der Waals surface area contributed by atoms with Crippen LogP contribution in [0, 0.1) is 0 Å². The largest absolute Gasteiger partial charge is 0.381 e. The molecule has 0 saturated carbocycles. The molecule has 3 aromatic rings. The van der Waals surface area contributed by atoms with Crippen molar-refractivity contribution in [3.8, 4) is 0 Å². The van der Waals surface area contributed by atoms with E-state index in [1.807, 2.05) is 77.7 Å². The van der Waals surface area contributed by atoms with Crippen molar-refractivity contribution < 1.29 is 14.3 Å². The van der Waals surface area contributed by atoms with Gasteiger partial charge in [-0.05, 0) is 60.2 Å². The molecule has 0 spiro atoms. The Labute approximate surface area is 194 Å². The van der Waals surface area contributed by atoms with Crippen molar-refractivity contribution in [1.29, 1.82) is 0 Å². The van der Waals surface area contributed by atoms with E-state index in [1.165, 1.54) is 5.56 Å². The molecule has 2 amide bonds. The van der Waals surface area contributed by atoms with Gasteiger partial charge in [0.15, 0.2) is 0 Å². The first-order valence-corrected chi connectivity index (χ1v) is 11.6. The number of anilines is 1. The minimum absolute atomic E-state index is 0.00461. The van der Waals surface area contributed by atoms with Crippen LogP contribution in [-0.4, -0.2) is 36.5 Å². The van der Waals surface area contributed by atoms with Crippen LogP contribution in [0.15, 0.2) is 78.9 Å². The van der Waals surface area contributed by atoms with Crippen LogP contribution in [0.2, 0.25) is 0 Å². The van der Waals surface area contributed by atoms with Crippen molar-refractivity contribution in [2.24, 2.45) is 0 Å². The molecule has 2 aliphatic heterocycles. The molecule has 0 unspecified atom stereocenters. The lowest BCUT2D eigenvalue weighted by Gasteiger charge is -2.36. The summed E-state index contributed by atoms with van der Waals surface area (Å²) >= 11 is 0. The number of hydrogen-bond donors (Lipinski definition) is 1. The minimum Gasteiger partial charge on any atom is -0.381 e. The van der Waals surface area contributed by atoms with E-state index >= 15 is 0 Å². The van der Waals surface area contributed by atoms with Crippen LogP contribution in [0.5, 0.6) is 0 Å². The number of benzene rings is 3. The number of rotatable bonds is 4. The van der Waals surface area contributed by atoms with Crippen LogP contribution in [0.25, 0.3) is 0 Å². The van der Waals surface area contributed by atoms with Crippen LogP contribution in [0.3, 0.4) is 0 Å². The van der Waals surface area contributed by atoms with Gasteiger partial charge in [-0.15, -0.1) is 0 Å². The number of nitrogens with one attached hydrogen (secondary N) is 1. The SMILES string of the molecule is O=C(c1ccccc1)N1CCc2ccc(NC(=O)C3(c4ccccc4)CCOCC3)cc2C1. The fourth-order valence-electron chi connectivity index (χ4n) is 4.95. The summed E-state index contributed by atoms with van der Waals surface area (Å²) in [4.78, 5) is 28.4. The minimum atomic E-state index is -0.593. The molecular formula is C28H28N2O3. The van der Waals surface area contributed by atoms with Crippen LogP contribution in [-0.2, 0) is 27.9 Å². The Balaban J connectivity index is 1.36. The highest BCUT2D eigenvalue weighted by Gasteiger charge is 2.41. The number of nitrogens with zero attached hydrogens (tertiary/aromatic N) is 1. The van der Waals surface area contributed by atoms with Gasteiger partial charge in [0, 0.05) is 37.6 Å². The summed E-state index contributed by atoms with van der Waals surface area (Å²) < 4.78 is 5.57. The Bertz CT molecular complexity index is 1140. The van der Waals surface area contributed by atoms with Crippen molar-refractivity contribution in [2.45, 2.75) is 31.2 Å². The van der Waals surface area contributed by atoms with Gasteiger partial charge in [0.05, 0.1) is 5.41 Å². The second-order valence-corrected chi connectivity index (χ2v) is 8.84. The summed E-state index contributed by atoms with van der Waals surface area (Å²) in [6, 6.07) is 25.5. The van der Waals surface area contributed by atoms with E-state index in [-0.39, 0.29) is 11.8 Å². The molecule has 2 aliphatic rings. The third kappa shape index (κ3) is 4.29. The predicted octanol–water partition coefficient (Wildman–Crippen LogP) is 4.57. The van der Waals surface area contributed by atoms with Gasteiger partial charge in [-0.25, -0.2) is 0 Å². The number of hydrogen-bond acceptors (Lipinski definition) is 3. The molecule has 3 aromatic carbocycles. The van der Waals surface area contributed by atoms with E-state index < -0.39 is 5.41 Å². The van der Waals surface area contributed by atoms with Crippen LogP contribution in [0.1, 0.15) is 39.9 Å². The molecule has 0 aliphatic carbocycles. The highest BCUT2D eigenvalue weighted by molar-refractivity contribution is 5.99. The van der Waals surface area contributed by atoms with Crippen molar-refractivity contribution in [2.75, 3.05) is 25.1 Å². The van der Waals surface area contributed by atoms with Crippen LogP contribution in [0.4, 0.5) is 5.69 Å². The van der Waals surface area contributed by atoms with E-state index in [0.29, 0.717) is 44.7 Å². The van der Waals surface area contributed by atoms with E-state index in [9.17, 15) is 9.59 Å². The summed E-state index contributed by atoms with van der Waals surface area (Å²) in [5, 5.41) is 3.18. The normalized spacial score (nSPS) is 17.2. The lowest BCUT2D eigenvalue weighted by Crippen LogP contribution is -2.44. The van der Waals surface area contributed by atoms with Crippen molar-refractivity contribution in [3.05, 3.63) is 101 Å². The Morgan fingerprint density at radius 3 is 2.27 bits per heavy atom. The maximum absolute atomic E-state index is 13.6. The first-order valence-electron chi connectivity index (χ1n) is 11.6. The van der Waals surface area contributed by atoms with Crippen molar-refractivity contribution >= 4 is 17.5 Å². The Hall–Kier alpha value is -3.44. The van der Waals surface area contributed by atoms with E-state index in [4.69, 9.17) is 4.74 Å². The van der Waals surface area contributed by atoms with Crippen molar-refractivity contribution in [3.63, 3.8) is 0 Å². The average molecular weight is 441 g/mol. The standard InChI is InChI=1S/C28H28N2O3/c31-26(22-7-3-1-4-8-22)30-16-13-21-11-12-25(19-23(21)20-30)29-27(32)28(14-17-33-18-15-28)24-9-5-2-6-10-24/h1-12,19H,13-18,20H2,(H,29,32). The molecule has 1 fully saturated rings. The highest BCUT2D eigenvalue weighted by Crippen LogP contribution is 2.36. The number of ether oxygens (including phenoxy) is 1. The first kappa shape index (κ1) is 21.4. The Morgan fingerprint density at radius 1 is 0.848 bits per heavy atom. The summed E-state index contributed by atoms with van der Waals surface area (Å²) in [7, 11) is 0. The molecular weight excluding hydrogens is 412 g/mol. The highest BCUT2D eigenvalue weighted by atomic mass is 16.5. The molecule has 0 atom stereocenters. The first-order chi connectivity index (χ1) is 16.2. The van der Waals surface area contributed by atoms with Gasteiger partial charge in [-0.2, -0.15) is 0 Å². The van der Waals surface area contributed by atoms with E-state index in [2.05, 4.69) is 11.4 Å².